The van der Waals surface area contributed by atoms with Crippen LogP contribution in [-0.4, -0.2) is 34.0 Å². The maximum absolute atomic E-state index is 11.4. The van der Waals surface area contributed by atoms with Crippen molar-refractivity contribution in [2.24, 2.45) is 0 Å². The molecule has 0 fully saturated rings. The summed E-state index contributed by atoms with van der Waals surface area (Å²) >= 11 is 0. The van der Waals surface area contributed by atoms with Gasteiger partial charge in [-0.25, -0.2) is 4.79 Å². The number of ether oxygens (including phenoxy) is 1. The number of phenols is 2. The van der Waals surface area contributed by atoms with E-state index in [2.05, 4.69) is 0 Å². The van der Waals surface area contributed by atoms with Crippen molar-refractivity contribution in [3.8, 4) is 11.5 Å². The second kappa shape index (κ2) is 3.43. The average molecular weight is 210 g/mol. The van der Waals surface area contributed by atoms with Crippen LogP contribution in [0.4, 0.5) is 0 Å². The Kier molecular flexibility index (Phi) is 2.24. The number of phenolic OH excluding ortho intramolecular Hbond substituents is 2. The van der Waals surface area contributed by atoms with Gasteiger partial charge in [-0.2, -0.15) is 0 Å². The maximum Gasteiger partial charge on any atom is 0.342 e. The normalized spacial score (nSPS) is 19.5. The number of benzene rings is 1. The summed E-state index contributed by atoms with van der Waals surface area (Å²) in [6, 6.07) is 2.47. The van der Waals surface area contributed by atoms with E-state index < -0.39 is 12.1 Å². The third-order valence-corrected chi connectivity index (χ3v) is 2.31. The van der Waals surface area contributed by atoms with Gasteiger partial charge in [0, 0.05) is 12.5 Å². The van der Waals surface area contributed by atoms with E-state index >= 15 is 0 Å². The Bertz CT molecular complexity index is 413. The monoisotopic (exact) mass is 210 g/mol. The molecule has 5 nitrogen and oxygen atoms in total. The third-order valence-electron chi connectivity index (χ3n) is 2.31. The van der Waals surface area contributed by atoms with Crippen LogP contribution in [0, 0.1) is 0 Å². The molecular formula is C10H10O5. The lowest BCUT2D eigenvalue weighted by Gasteiger charge is -2.23. The van der Waals surface area contributed by atoms with Crippen LogP contribution in [0.2, 0.25) is 0 Å². The van der Waals surface area contributed by atoms with E-state index in [1.807, 2.05) is 0 Å². The number of fused-ring (bicyclic) bond motifs is 1. The highest BCUT2D eigenvalue weighted by molar-refractivity contribution is 5.95. The highest BCUT2D eigenvalue weighted by Crippen LogP contribution is 2.32. The van der Waals surface area contributed by atoms with Gasteiger partial charge in [0.15, 0.2) is 0 Å². The van der Waals surface area contributed by atoms with E-state index in [1.165, 1.54) is 6.07 Å². The summed E-state index contributed by atoms with van der Waals surface area (Å²) in [6.07, 6.45) is -0.314. The summed E-state index contributed by atoms with van der Waals surface area (Å²) in [7, 11) is 0. The van der Waals surface area contributed by atoms with Crippen LogP contribution >= 0.6 is 0 Å². The number of aromatic hydroxyl groups is 2. The van der Waals surface area contributed by atoms with Crippen molar-refractivity contribution in [2.75, 3.05) is 6.61 Å². The average Bonchev–Trinajstić information content (AvgIpc) is 2.15. The summed E-state index contributed by atoms with van der Waals surface area (Å²) in [4.78, 5) is 11.4. The van der Waals surface area contributed by atoms with Gasteiger partial charge in [0.2, 0.25) is 0 Å². The highest BCUT2D eigenvalue weighted by atomic mass is 16.6. The van der Waals surface area contributed by atoms with E-state index in [0.717, 1.165) is 6.07 Å². The number of aliphatic hydroxyl groups is 1. The number of cyclic esters (lactones) is 1. The van der Waals surface area contributed by atoms with E-state index in [4.69, 9.17) is 9.84 Å². The van der Waals surface area contributed by atoms with Crippen LogP contribution in [0.5, 0.6) is 11.5 Å². The molecule has 1 atom stereocenters. The largest absolute Gasteiger partial charge is 0.508 e. The molecule has 5 heteroatoms. The van der Waals surface area contributed by atoms with Crippen molar-refractivity contribution >= 4 is 5.97 Å². The molecule has 1 aromatic rings. The van der Waals surface area contributed by atoms with Crippen molar-refractivity contribution in [2.45, 2.75) is 12.5 Å². The zero-order valence-corrected chi connectivity index (χ0v) is 7.80. The van der Waals surface area contributed by atoms with Crippen LogP contribution in [0.1, 0.15) is 15.9 Å². The number of rotatable bonds is 1. The molecular weight excluding hydrogens is 200 g/mol. The number of hydrogen-bond acceptors (Lipinski definition) is 5. The van der Waals surface area contributed by atoms with Crippen LogP contribution in [0.3, 0.4) is 0 Å². The number of esters is 1. The fourth-order valence-corrected chi connectivity index (χ4v) is 1.66. The summed E-state index contributed by atoms with van der Waals surface area (Å²) in [5, 5.41) is 27.6. The third kappa shape index (κ3) is 1.61. The van der Waals surface area contributed by atoms with Crippen molar-refractivity contribution in [3.63, 3.8) is 0 Å². The number of carbonyl (C=O) groups excluding carboxylic acids is 1. The standard InChI is InChI=1S/C10H10O5/c11-4-7-2-5-1-6(12)3-8(13)9(5)10(14)15-7/h1,3,7,11-13H,2,4H2/t7-/m1/s1. The molecule has 0 saturated heterocycles. The summed E-state index contributed by atoms with van der Waals surface area (Å²) < 4.78 is 4.85. The number of hydrogen-bond donors (Lipinski definition) is 3. The quantitative estimate of drug-likeness (QED) is 0.575. The molecule has 0 aromatic heterocycles. The van der Waals surface area contributed by atoms with Crippen molar-refractivity contribution in [3.05, 3.63) is 23.3 Å². The fourth-order valence-electron chi connectivity index (χ4n) is 1.66. The zero-order valence-electron chi connectivity index (χ0n) is 7.80. The molecule has 1 heterocycles. The minimum atomic E-state index is -0.673. The second-order valence-corrected chi connectivity index (χ2v) is 3.41. The van der Waals surface area contributed by atoms with Gasteiger partial charge in [-0.3, -0.25) is 0 Å². The van der Waals surface area contributed by atoms with Gasteiger partial charge >= 0.3 is 5.97 Å². The minimum absolute atomic E-state index is 0.0671. The molecule has 0 saturated carbocycles. The van der Waals surface area contributed by atoms with Gasteiger partial charge < -0.3 is 20.1 Å². The van der Waals surface area contributed by atoms with Crippen LogP contribution < -0.4 is 0 Å². The van der Waals surface area contributed by atoms with Gasteiger partial charge in [-0.15, -0.1) is 0 Å². The SMILES string of the molecule is O=C1O[C@@H](CO)Cc2cc(O)cc(O)c21. The van der Waals surface area contributed by atoms with E-state index in [1.54, 1.807) is 0 Å². The summed E-state index contributed by atoms with van der Waals surface area (Å²) in [5.41, 5.74) is 0.556. The Balaban J connectivity index is 2.50. The van der Waals surface area contributed by atoms with Gasteiger partial charge in [-0.1, -0.05) is 0 Å². The van der Waals surface area contributed by atoms with Crippen LogP contribution in [-0.2, 0) is 11.2 Å². The molecule has 1 aliphatic heterocycles. The Morgan fingerprint density at radius 2 is 2.13 bits per heavy atom. The molecule has 1 aromatic carbocycles. The molecule has 2 rings (SSSR count). The van der Waals surface area contributed by atoms with Crippen molar-refractivity contribution in [1.29, 1.82) is 0 Å². The van der Waals surface area contributed by atoms with E-state index in [9.17, 15) is 15.0 Å². The zero-order chi connectivity index (χ0) is 11.0. The van der Waals surface area contributed by atoms with Gasteiger partial charge in [-0.05, 0) is 11.6 Å². The maximum atomic E-state index is 11.4. The highest BCUT2D eigenvalue weighted by Gasteiger charge is 2.29. The lowest BCUT2D eigenvalue weighted by Crippen LogP contribution is -2.30. The predicted molar refractivity (Wildman–Crippen MR) is 49.8 cm³/mol. The predicted octanol–water partition coefficient (Wildman–Crippen LogP) is 0.172. The second-order valence-electron chi connectivity index (χ2n) is 3.41. The Morgan fingerprint density at radius 3 is 2.80 bits per heavy atom. The first-order chi connectivity index (χ1) is 7.11. The van der Waals surface area contributed by atoms with Crippen LogP contribution in [0.15, 0.2) is 12.1 Å². The Morgan fingerprint density at radius 1 is 1.40 bits per heavy atom. The summed E-state index contributed by atoms with van der Waals surface area (Å²) in [5.74, 6) is -1.09. The topological polar surface area (TPSA) is 87.0 Å². The molecule has 0 unspecified atom stereocenters. The first-order valence-electron chi connectivity index (χ1n) is 4.48. The fraction of sp³-hybridized carbons (Fsp3) is 0.300. The van der Waals surface area contributed by atoms with Gasteiger partial charge in [0.05, 0.1) is 6.61 Å². The first-order valence-corrected chi connectivity index (χ1v) is 4.48. The molecule has 0 radical (unpaired) electrons. The van der Waals surface area contributed by atoms with Gasteiger partial charge in [0.1, 0.15) is 23.2 Å². The first kappa shape index (κ1) is 9.79. The summed E-state index contributed by atoms with van der Waals surface area (Å²) in [6.45, 7) is -0.276. The Labute approximate surface area is 85.5 Å². The molecule has 0 amide bonds. The number of carbonyl (C=O) groups is 1. The smallest absolute Gasteiger partial charge is 0.342 e. The molecule has 0 spiro atoms. The van der Waals surface area contributed by atoms with E-state index in [-0.39, 0.29) is 23.7 Å². The molecule has 1 aliphatic rings. The molecule has 0 aliphatic carbocycles. The van der Waals surface area contributed by atoms with E-state index in [0.29, 0.717) is 12.0 Å². The molecule has 15 heavy (non-hydrogen) atoms. The lowest BCUT2D eigenvalue weighted by molar-refractivity contribution is 0.00897. The molecule has 3 N–H and O–H groups in total. The van der Waals surface area contributed by atoms with Crippen molar-refractivity contribution < 1.29 is 24.9 Å². The minimum Gasteiger partial charge on any atom is -0.508 e. The lowest BCUT2D eigenvalue weighted by atomic mass is 9.97. The Hall–Kier alpha value is -1.75. The van der Waals surface area contributed by atoms with Crippen molar-refractivity contribution in [1.82, 2.24) is 0 Å². The molecule has 80 valence electrons. The van der Waals surface area contributed by atoms with Crippen LogP contribution in [0.25, 0.3) is 0 Å². The molecule has 0 bridgehead atoms. The van der Waals surface area contributed by atoms with Gasteiger partial charge in [0.25, 0.3) is 0 Å². The number of aliphatic hydroxyl groups excluding tert-OH is 1.